The lowest BCUT2D eigenvalue weighted by Gasteiger charge is -2.29. The maximum absolute atomic E-state index is 12.0. The van der Waals surface area contributed by atoms with Gasteiger partial charge >= 0.3 is 12.0 Å². The predicted octanol–water partition coefficient (Wildman–Crippen LogP) is 1.29. The van der Waals surface area contributed by atoms with Crippen LogP contribution in [0.4, 0.5) is 4.79 Å². The third-order valence-corrected chi connectivity index (χ3v) is 3.92. The van der Waals surface area contributed by atoms with Gasteiger partial charge in [0.25, 0.3) is 0 Å². The molecule has 2 N–H and O–H groups in total. The summed E-state index contributed by atoms with van der Waals surface area (Å²) >= 11 is 0. The number of hydrogen-bond donors (Lipinski definition) is 2. The first-order valence-electron chi connectivity index (χ1n) is 6.24. The number of hydrogen-bond acceptors (Lipinski definition) is 2. The molecule has 0 radical (unpaired) electrons. The molecule has 2 atom stereocenters. The van der Waals surface area contributed by atoms with Crippen molar-refractivity contribution in [2.75, 3.05) is 13.1 Å². The fraction of sp³-hybridized carbons (Fsp3) is 0.833. The summed E-state index contributed by atoms with van der Waals surface area (Å²) in [4.78, 5) is 25.0. The van der Waals surface area contributed by atoms with Crippen molar-refractivity contribution >= 4 is 12.0 Å². The molecule has 0 spiro atoms. The summed E-state index contributed by atoms with van der Waals surface area (Å²) in [5.41, 5.74) is -1.09. The van der Waals surface area contributed by atoms with Gasteiger partial charge in [-0.15, -0.1) is 0 Å². The van der Waals surface area contributed by atoms with Crippen molar-refractivity contribution in [3.63, 3.8) is 0 Å². The van der Waals surface area contributed by atoms with Crippen molar-refractivity contribution in [2.24, 2.45) is 11.8 Å². The summed E-state index contributed by atoms with van der Waals surface area (Å²) in [7, 11) is 0. The smallest absolute Gasteiger partial charge is 0.329 e. The zero-order valence-corrected chi connectivity index (χ0v) is 10.4. The average Bonchev–Trinajstić information content (AvgIpc) is 3.01. The van der Waals surface area contributed by atoms with E-state index >= 15 is 0 Å². The number of likely N-dealkylation sites (tertiary alicyclic amines) is 1. The number of carboxylic acids is 1. The van der Waals surface area contributed by atoms with Gasteiger partial charge in [-0.2, -0.15) is 0 Å². The quantitative estimate of drug-likeness (QED) is 0.781. The van der Waals surface area contributed by atoms with Gasteiger partial charge < -0.3 is 15.3 Å². The molecule has 2 amide bonds. The number of urea groups is 1. The van der Waals surface area contributed by atoms with Crippen molar-refractivity contribution in [2.45, 2.75) is 38.6 Å². The van der Waals surface area contributed by atoms with Crippen LogP contribution in [-0.2, 0) is 4.79 Å². The summed E-state index contributed by atoms with van der Waals surface area (Å²) in [5.74, 6) is -0.331. The van der Waals surface area contributed by atoms with Crippen LogP contribution < -0.4 is 5.32 Å². The lowest BCUT2D eigenvalue weighted by molar-refractivity contribution is -0.144. The van der Waals surface area contributed by atoms with Crippen molar-refractivity contribution < 1.29 is 14.7 Å². The van der Waals surface area contributed by atoms with E-state index in [2.05, 4.69) is 12.2 Å². The van der Waals surface area contributed by atoms with Gasteiger partial charge in [-0.05, 0) is 38.0 Å². The van der Waals surface area contributed by atoms with E-state index in [1.54, 1.807) is 11.8 Å². The molecule has 1 saturated heterocycles. The van der Waals surface area contributed by atoms with Crippen molar-refractivity contribution in [3.8, 4) is 0 Å². The molecule has 0 aromatic heterocycles. The van der Waals surface area contributed by atoms with Gasteiger partial charge in [-0.25, -0.2) is 9.59 Å². The Morgan fingerprint density at radius 3 is 2.41 bits per heavy atom. The first-order valence-corrected chi connectivity index (χ1v) is 6.24. The molecule has 96 valence electrons. The molecule has 0 aromatic rings. The Hall–Kier alpha value is -1.26. The second-order valence-electron chi connectivity index (χ2n) is 5.55. The number of rotatable bonds is 3. The molecular formula is C12H20N2O3. The van der Waals surface area contributed by atoms with E-state index in [-0.39, 0.29) is 11.9 Å². The zero-order valence-electron chi connectivity index (χ0n) is 10.4. The number of carbonyl (C=O) groups is 2. The van der Waals surface area contributed by atoms with E-state index in [0.717, 1.165) is 32.4 Å². The second-order valence-corrected chi connectivity index (χ2v) is 5.55. The highest BCUT2D eigenvalue weighted by Gasteiger charge is 2.49. The number of nitrogens with zero attached hydrogens (tertiary/aromatic N) is 1. The van der Waals surface area contributed by atoms with Gasteiger partial charge in [0.05, 0.1) is 0 Å². The summed E-state index contributed by atoms with van der Waals surface area (Å²) in [6.07, 6.45) is 2.78. The van der Waals surface area contributed by atoms with Crippen molar-refractivity contribution in [1.29, 1.82) is 0 Å². The lowest BCUT2D eigenvalue weighted by atomic mass is 9.96. The molecule has 2 unspecified atom stereocenters. The van der Waals surface area contributed by atoms with Crippen molar-refractivity contribution in [1.82, 2.24) is 10.2 Å². The molecular weight excluding hydrogens is 220 g/mol. The maximum atomic E-state index is 12.0. The monoisotopic (exact) mass is 240 g/mol. The van der Waals surface area contributed by atoms with Crippen LogP contribution in [-0.4, -0.2) is 40.6 Å². The fourth-order valence-electron chi connectivity index (χ4n) is 2.41. The van der Waals surface area contributed by atoms with Gasteiger partial charge in [0, 0.05) is 13.1 Å². The standard InChI is InChI=1S/C12H20N2O3/c1-8-5-6-14(7-8)11(17)13-12(2,10(15)16)9-3-4-9/h8-9H,3-7H2,1-2H3,(H,13,17)(H,15,16). The minimum absolute atomic E-state index is 0.0870. The minimum atomic E-state index is -1.09. The normalized spacial score (nSPS) is 27.6. The minimum Gasteiger partial charge on any atom is -0.480 e. The van der Waals surface area contributed by atoms with Gasteiger partial charge in [0.2, 0.25) is 0 Å². The molecule has 1 saturated carbocycles. The lowest BCUT2D eigenvalue weighted by Crippen LogP contribution is -2.57. The van der Waals surface area contributed by atoms with Crippen LogP contribution >= 0.6 is 0 Å². The van der Waals surface area contributed by atoms with E-state index in [4.69, 9.17) is 0 Å². The molecule has 5 nitrogen and oxygen atoms in total. The largest absolute Gasteiger partial charge is 0.480 e. The highest BCUT2D eigenvalue weighted by molar-refractivity contribution is 5.86. The van der Waals surface area contributed by atoms with E-state index < -0.39 is 11.5 Å². The van der Waals surface area contributed by atoms with Crippen molar-refractivity contribution in [3.05, 3.63) is 0 Å². The number of aliphatic carboxylic acids is 1. The molecule has 2 rings (SSSR count). The molecule has 2 aliphatic rings. The molecule has 1 heterocycles. The number of carboxylic acid groups (broad SMARTS) is 1. The van der Waals surface area contributed by atoms with Crippen LogP contribution in [0.15, 0.2) is 0 Å². The topological polar surface area (TPSA) is 69.6 Å². The summed E-state index contributed by atoms with van der Waals surface area (Å²) in [6.45, 7) is 5.18. The zero-order chi connectivity index (χ0) is 12.6. The fourth-order valence-corrected chi connectivity index (χ4v) is 2.41. The van der Waals surface area contributed by atoms with Crippen LogP contribution in [0.2, 0.25) is 0 Å². The van der Waals surface area contributed by atoms with Gasteiger partial charge in [0.1, 0.15) is 5.54 Å². The van der Waals surface area contributed by atoms with E-state index in [9.17, 15) is 14.7 Å². The van der Waals surface area contributed by atoms with E-state index in [0.29, 0.717) is 5.92 Å². The Bertz CT molecular complexity index is 341. The highest BCUT2D eigenvalue weighted by atomic mass is 16.4. The molecule has 0 aromatic carbocycles. The third kappa shape index (κ3) is 2.37. The number of amides is 2. The van der Waals surface area contributed by atoms with Gasteiger partial charge in [-0.3, -0.25) is 0 Å². The highest BCUT2D eigenvalue weighted by Crippen LogP contribution is 2.39. The van der Waals surface area contributed by atoms with E-state index in [1.165, 1.54) is 0 Å². The molecule has 1 aliphatic heterocycles. The van der Waals surface area contributed by atoms with Crippen LogP contribution in [0.5, 0.6) is 0 Å². The first-order chi connectivity index (χ1) is 7.93. The van der Waals surface area contributed by atoms with Crippen LogP contribution in [0.3, 0.4) is 0 Å². The number of nitrogens with one attached hydrogen (secondary N) is 1. The van der Waals surface area contributed by atoms with Gasteiger partial charge in [-0.1, -0.05) is 6.92 Å². The Balaban J connectivity index is 1.98. The Kier molecular flexibility index (Phi) is 3.02. The number of carbonyl (C=O) groups excluding carboxylic acids is 1. The summed E-state index contributed by atoms with van der Waals surface area (Å²) in [5, 5.41) is 12.0. The van der Waals surface area contributed by atoms with Crippen LogP contribution in [0.1, 0.15) is 33.1 Å². The summed E-state index contributed by atoms with van der Waals surface area (Å²) in [6, 6.07) is -0.230. The molecule has 0 bridgehead atoms. The molecule has 17 heavy (non-hydrogen) atoms. The Morgan fingerprint density at radius 2 is 2.00 bits per heavy atom. The second kappa shape index (κ2) is 4.20. The maximum Gasteiger partial charge on any atom is 0.329 e. The van der Waals surface area contributed by atoms with Crippen LogP contribution in [0, 0.1) is 11.8 Å². The average molecular weight is 240 g/mol. The first kappa shape index (κ1) is 12.2. The summed E-state index contributed by atoms with van der Waals surface area (Å²) < 4.78 is 0. The Labute approximate surface area is 101 Å². The predicted molar refractivity (Wildman–Crippen MR) is 62.7 cm³/mol. The SMILES string of the molecule is CC1CCN(C(=O)NC(C)(C(=O)O)C2CC2)C1. The van der Waals surface area contributed by atoms with E-state index in [1.807, 2.05) is 0 Å². The molecule has 2 fully saturated rings. The molecule has 1 aliphatic carbocycles. The third-order valence-electron chi connectivity index (χ3n) is 3.92. The Morgan fingerprint density at radius 1 is 1.35 bits per heavy atom. The van der Waals surface area contributed by atoms with Gasteiger partial charge in [0.15, 0.2) is 0 Å². The van der Waals surface area contributed by atoms with Crippen LogP contribution in [0.25, 0.3) is 0 Å². The molecule has 5 heteroatoms.